The van der Waals surface area contributed by atoms with Crippen LogP contribution in [0.25, 0.3) is 5.65 Å². The first-order valence-electron chi connectivity index (χ1n) is 8.20. The number of fused-ring (bicyclic) bond motifs is 1. The van der Waals surface area contributed by atoms with Gasteiger partial charge in [0.15, 0.2) is 5.65 Å². The van der Waals surface area contributed by atoms with Crippen molar-refractivity contribution in [1.29, 1.82) is 0 Å². The minimum atomic E-state index is -0.0886. The van der Waals surface area contributed by atoms with E-state index in [2.05, 4.69) is 24.9 Å². The summed E-state index contributed by atoms with van der Waals surface area (Å²) in [4.78, 5) is 19.2. The number of hydrogen-bond donors (Lipinski definition) is 1. The number of pyridine rings is 1. The monoisotopic (exact) mass is 327 g/mol. The van der Waals surface area contributed by atoms with E-state index in [4.69, 9.17) is 0 Å². The molecule has 0 radical (unpaired) electrons. The Hall–Kier alpha value is -2.45. The van der Waals surface area contributed by atoms with Gasteiger partial charge in [-0.3, -0.25) is 9.30 Å². The molecule has 0 bridgehead atoms. The van der Waals surface area contributed by atoms with Crippen LogP contribution in [0.15, 0.2) is 41.6 Å². The summed E-state index contributed by atoms with van der Waals surface area (Å²) in [5.41, 5.74) is 0.595. The van der Waals surface area contributed by atoms with Crippen molar-refractivity contribution in [2.75, 3.05) is 26.2 Å². The minimum Gasteiger partial charge on any atom is -0.337 e. The third-order valence-electron chi connectivity index (χ3n) is 4.60. The first-order valence-corrected chi connectivity index (χ1v) is 8.20. The Morgan fingerprint density at radius 1 is 1.29 bits per heavy atom. The van der Waals surface area contributed by atoms with Crippen LogP contribution < -0.4 is 11.0 Å². The van der Waals surface area contributed by atoms with Gasteiger partial charge in [0.1, 0.15) is 5.82 Å². The van der Waals surface area contributed by atoms with Crippen LogP contribution in [0.2, 0.25) is 0 Å². The summed E-state index contributed by atoms with van der Waals surface area (Å²) in [7, 11) is 2.02. The van der Waals surface area contributed by atoms with Crippen LogP contribution in [0, 0.1) is 0 Å². The van der Waals surface area contributed by atoms with Gasteiger partial charge in [0.2, 0.25) is 0 Å². The molecule has 1 aliphatic rings. The highest BCUT2D eigenvalue weighted by atomic mass is 16.2. The van der Waals surface area contributed by atoms with Crippen molar-refractivity contribution >= 4 is 5.65 Å². The molecule has 3 aromatic rings. The minimum absolute atomic E-state index is 0.0886. The molecule has 3 aromatic heterocycles. The summed E-state index contributed by atoms with van der Waals surface area (Å²) >= 11 is 0. The number of rotatable bonds is 4. The van der Waals surface area contributed by atoms with E-state index in [1.807, 2.05) is 37.6 Å². The van der Waals surface area contributed by atoms with Crippen LogP contribution in [0.5, 0.6) is 0 Å². The lowest BCUT2D eigenvalue weighted by molar-refractivity contribution is 0.145. The first-order chi connectivity index (χ1) is 11.7. The summed E-state index contributed by atoms with van der Waals surface area (Å²) in [5.74, 6) is 1.05. The summed E-state index contributed by atoms with van der Waals surface area (Å²) in [6.45, 7) is 4.08. The molecule has 4 heterocycles. The van der Waals surface area contributed by atoms with Crippen LogP contribution in [-0.2, 0) is 13.6 Å². The molecule has 1 saturated heterocycles. The smallest absolute Gasteiger partial charge is 0.337 e. The van der Waals surface area contributed by atoms with E-state index >= 15 is 0 Å². The Balaban J connectivity index is 1.54. The van der Waals surface area contributed by atoms with Gasteiger partial charge < -0.3 is 9.88 Å². The van der Waals surface area contributed by atoms with E-state index in [-0.39, 0.29) is 11.7 Å². The second-order valence-electron chi connectivity index (χ2n) is 6.09. The maximum atomic E-state index is 12.4. The molecule has 0 spiro atoms. The van der Waals surface area contributed by atoms with Crippen LogP contribution in [-0.4, -0.2) is 54.8 Å². The number of piperazine rings is 1. The predicted octanol–water partition coefficient (Wildman–Crippen LogP) is -0.124. The second-order valence-corrected chi connectivity index (χ2v) is 6.09. The van der Waals surface area contributed by atoms with Crippen LogP contribution >= 0.6 is 0 Å². The third-order valence-corrected chi connectivity index (χ3v) is 4.60. The molecular weight excluding hydrogens is 306 g/mol. The van der Waals surface area contributed by atoms with E-state index < -0.39 is 0 Å². The van der Waals surface area contributed by atoms with E-state index in [9.17, 15) is 4.79 Å². The van der Waals surface area contributed by atoms with Gasteiger partial charge in [-0.1, -0.05) is 6.07 Å². The van der Waals surface area contributed by atoms with Crippen molar-refractivity contribution in [3.8, 4) is 0 Å². The third kappa shape index (κ3) is 2.63. The van der Waals surface area contributed by atoms with Crippen molar-refractivity contribution < 1.29 is 0 Å². The Kier molecular flexibility index (Phi) is 3.91. The fraction of sp³-hybridized carbons (Fsp3) is 0.438. The van der Waals surface area contributed by atoms with Crippen LogP contribution in [0.1, 0.15) is 11.9 Å². The zero-order valence-electron chi connectivity index (χ0n) is 13.7. The highest BCUT2D eigenvalue weighted by Crippen LogP contribution is 2.19. The van der Waals surface area contributed by atoms with E-state index in [0.29, 0.717) is 12.2 Å². The van der Waals surface area contributed by atoms with E-state index in [1.54, 1.807) is 15.3 Å². The highest BCUT2D eigenvalue weighted by molar-refractivity contribution is 5.35. The molecule has 0 saturated carbocycles. The molecule has 1 atom stereocenters. The van der Waals surface area contributed by atoms with Gasteiger partial charge in [0.25, 0.3) is 0 Å². The zero-order chi connectivity index (χ0) is 16.5. The predicted molar refractivity (Wildman–Crippen MR) is 89.8 cm³/mol. The van der Waals surface area contributed by atoms with E-state index in [0.717, 1.165) is 32.0 Å². The largest absolute Gasteiger partial charge is 0.350 e. The molecule has 1 aliphatic heterocycles. The molecule has 1 N–H and O–H groups in total. The number of nitrogens with one attached hydrogen (secondary N) is 1. The molecule has 0 aliphatic carbocycles. The van der Waals surface area contributed by atoms with Crippen molar-refractivity contribution in [3.63, 3.8) is 0 Å². The summed E-state index contributed by atoms with van der Waals surface area (Å²) < 4.78 is 5.18. The maximum Gasteiger partial charge on any atom is 0.350 e. The molecule has 0 amide bonds. The highest BCUT2D eigenvalue weighted by Gasteiger charge is 2.26. The number of aromatic nitrogens is 5. The molecule has 1 fully saturated rings. The lowest BCUT2D eigenvalue weighted by atomic mass is 10.1. The van der Waals surface area contributed by atoms with Crippen molar-refractivity contribution in [1.82, 2.24) is 33.9 Å². The number of aryl methyl sites for hydroxylation is 1. The maximum absolute atomic E-state index is 12.4. The van der Waals surface area contributed by atoms with E-state index in [1.165, 1.54) is 0 Å². The normalized spacial score (nSPS) is 19.1. The first kappa shape index (κ1) is 15.1. The van der Waals surface area contributed by atoms with Gasteiger partial charge in [-0.2, -0.15) is 0 Å². The fourth-order valence-electron chi connectivity index (χ4n) is 3.30. The quantitative estimate of drug-likeness (QED) is 0.723. The summed E-state index contributed by atoms with van der Waals surface area (Å²) in [5, 5.41) is 7.83. The topological polar surface area (TPSA) is 72.4 Å². The van der Waals surface area contributed by atoms with Crippen LogP contribution in [0.3, 0.4) is 0 Å². The summed E-state index contributed by atoms with van der Waals surface area (Å²) in [6.07, 6.45) is 5.55. The molecule has 1 unspecified atom stereocenters. The molecule has 24 heavy (non-hydrogen) atoms. The fourth-order valence-corrected chi connectivity index (χ4v) is 3.30. The Labute approximate surface area is 139 Å². The second kappa shape index (κ2) is 6.21. The van der Waals surface area contributed by atoms with Gasteiger partial charge >= 0.3 is 5.69 Å². The molecule has 8 nitrogen and oxygen atoms in total. The number of hydrogen-bond acceptors (Lipinski definition) is 5. The molecule has 0 aromatic carbocycles. The van der Waals surface area contributed by atoms with Gasteiger partial charge in [0, 0.05) is 51.8 Å². The SMILES string of the molecule is Cn1ccnc1C1CNCCN1CCn1nc2ccccn2c1=O. The van der Waals surface area contributed by atoms with Gasteiger partial charge in [-0.25, -0.2) is 14.5 Å². The zero-order valence-corrected chi connectivity index (χ0v) is 13.7. The molecule has 4 rings (SSSR count). The Morgan fingerprint density at radius 2 is 2.21 bits per heavy atom. The van der Waals surface area contributed by atoms with Crippen molar-refractivity contribution in [2.24, 2.45) is 7.05 Å². The van der Waals surface area contributed by atoms with Gasteiger partial charge in [-0.05, 0) is 12.1 Å². The molecular formula is C16H21N7O. The van der Waals surface area contributed by atoms with Crippen molar-refractivity contribution in [2.45, 2.75) is 12.6 Å². The summed E-state index contributed by atoms with van der Waals surface area (Å²) in [6, 6.07) is 5.79. The van der Waals surface area contributed by atoms with Crippen LogP contribution in [0.4, 0.5) is 0 Å². The standard InChI is InChI=1S/C16H21N7O/c1-20-8-6-18-15(20)13-12-17-5-9-21(13)10-11-23-16(24)22-7-3-2-4-14(22)19-23/h2-4,6-8,13,17H,5,9-12H2,1H3. The lowest BCUT2D eigenvalue weighted by Gasteiger charge is -2.35. The molecule has 126 valence electrons. The van der Waals surface area contributed by atoms with Gasteiger partial charge in [0.05, 0.1) is 12.6 Å². The lowest BCUT2D eigenvalue weighted by Crippen LogP contribution is -2.48. The average Bonchev–Trinajstić information content (AvgIpc) is 3.17. The number of imidazole rings is 1. The Bertz CT molecular complexity index is 893. The molecule has 8 heteroatoms. The average molecular weight is 327 g/mol. The number of nitrogens with zero attached hydrogens (tertiary/aromatic N) is 6. The Morgan fingerprint density at radius 3 is 3.00 bits per heavy atom. The van der Waals surface area contributed by atoms with Crippen molar-refractivity contribution in [3.05, 3.63) is 53.1 Å². The van der Waals surface area contributed by atoms with Gasteiger partial charge in [-0.15, -0.1) is 5.10 Å².